The quantitative estimate of drug-likeness (QED) is 0.585. The number of benzene rings is 2. The summed E-state index contributed by atoms with van der Waals surface area (Å²) in [6, 6.07) is 13.7. The molecule has 142 valence electrons. The molecule has 2 rings (SSSR count). The molecule has 7 heteroatoms. The highest BCUT2D eigenvalue weighted by Crippen LogP contribution is 2.15. The van der Waals surface area contributed by atoms with Gasteiger partial charge in [0.1, 0.15) is 5.60 Å². The Morgan fingerprint density at radius 1 is 1.04 bits per heavy atom. The molecule has 2 aromatic carbocycles. The summed E-state index contributed by atoms with van der Waals surface area (Å²) in [6.07, 6.45) is 0. The molecule has 27 heavy (non-hydrogen) atoms. The fourth-order valence-corrected chi connectivity index (χ4v) is 2.33. The lowest BCUT2D eigenvalue weighted by Crippen LogP contribution is -2.33. The molecule has 0 saturated heterocycles. The van der Waals surface area contributed by atoms with Gasteiger partial charge in [0.25, 0.3) is 5.91 Å². The highest BCUT2D eigenvalue weighted by molar-refractivity contribution is 7.82. The van der Waals surface area contributed by atoms with Gasteiger partial charge in [0.05, 0.1) is 5.56 Å². The van der Waals surface area contributed by atoms with Crippen molar-refractivity contribution in [2.75, 3.05) is 5.32 Å². The van der Waals surface area contributed by atoms with E-state index in [1.54, 1.807) is 57.2 Å². The highest BCUT2D eigenvalue weighted by atomic mass is 35.5. The van der Waals surface area contributed by atoms with Gasteiger partial charge in [-0.3, -0.25) is 4.79 Å². The monoisotopic (exact) mass is 404 g/mol. The van der Waals surface area contributed by atoms with Crippen LogP contribution in [0.1, 0.15) is 36.7 Å². The van der Waals surface area contributed by atoms with E-state index in [-0.39, 0.29) is 4.99 Å². The standard InChI is InChI=1S/C20H21ClN2O3S/c1-20(2,3)26-19(25)14-6-10-16(11-7-14)23-17(24)18(27)22-12-13-4-8-15(21)9-5-13/h4-11H,12H2,1-3H3,(H,22,27)(H,23,24). The van der Waals surface area contributed by atoms with E-state index < -0.39 is 17.5 Å². The van der Waals surface area contributed by atoms with Crippen molar-refractivity contribution in [2.45, 2.75) is 32.9 Å². The second kappa shape index (κ2) is 8.97. The minimum absolute atomic E-state index is 0.0705. The molecule has 0 heterocycles. The SMILES string of the molecule is CC(C)(C)OC(=O)c1ccc(NC(=O)C(=S)NCc2ccc(Cl)cc2)cc1. The van der Waals surface area contributed by atoms with Crippen LogP contribution in [0.2, 0.25) is 5.02 Å². The van der Waals surface area contributed by atoms with Crippen molar-refractivity contribution < 1.29 is 14.3 Å². The molecule has 0 bridgehead atoms. The first kappa shape index (κ1) is 20.9. The number of carbonyl (C=O) groups excluding carboxylic acids is 2. The summed E-state index contributed by atoms with van der Waals surface area (Å²) in [5.41, 5.74) is 1.33. The zero-order valence-electron chi connectivity index (χ0n) is 15.3. The van der Waals surface area contributed by atoms with Crippen LogP contribution in [0.15, 0.2) is 48.5 Å². The van der Waals surface area contributed by atoms with E-state index >= 15 is 0 Å². The molecule has 5 nitrogen and oxygen atoms in total. The van der Waals surface area contributed by atoms with Gasteiger partial charge in [-0.2, -0.15) is 0 Å². The molecule has 0 aromatic heterocycles. The van der Waals surface area contributed by atoms with E-state index in [9.17, 15) is 9.59 Å². The lowest BCUT2D eigenvalue weighted by Gasteiger charge is -2.19. The number of rotatable bonds is 4. The number of ether oxygens (including phenoxy) is 1. The number of thiocarbonyl (C=S) groups is 1. The second-order valence-corrected chi connectivity index (χ2v) is 7.69. The Bertz CT molecular complexity index is 828. The van der Waals surface area contributed by atoms with Crippen molar-refractivity contribution in [1.29, 1.82) is 0 Å². The topological polar surface area (TPSA) is 67.4 Å². The third-order valence-corrected chi connectivity index (χ3v) is 3.93. The summed E-state index contributed by atoms with van der Waals surface area (Å²) < 4.78 is 5.30. The number of hydrogen-bond acceptors (Lipinski definition) is 4. The van der Waals surface area contributed by atoms with Crippen molar-refractivity contribution in [3.05, 3.63) is 64.7 Å². The number of halogens is 1. The molecule has 0 aliphatic carbocycles. The largest absolute Gasteiger partial charge is 0.456 e. The number of anilines is 1. The van der Waals surface area contributed by atoms with E-state index in [2.05, 4.69) is 10.6 Å². The van der Waals surface area contributed by atoms with Gasteiger partial charge >= 0.3 is 5.97 Å². The first-order valence-electron chi connectivity index (χ1n) is 8.31. The van der Waals surface area contributed by atoms with E-state index in [0.29, 0.717) is 22.8 Å². The molecule has 0 saturated carbocycles. The van der Waals surface area contributed by atoms with Crippen molar-refractivity contribution in [3.63, 3.8) is 0 Å². The third-order valence-electron chi connectivity index (χ3n) is 3.35. The number of hydrogen-bond donors (Lipinski definition) is 2. The maximum absolute atomic E-state index is 12.2. The molecular weight excluding hydrogens is 384 g/mol. The molecule has 0 atom stereocenters. The molecule has 1 amide bonds. The van der Waals surface area contributed by atoms with Gasteiger partial charge in [0, 0.05) is 17.3 Å². The third kappa shape index (κ3) is 7.00. The van der Waals surface area contributed by atoms with Gasteiger partial charge in [0.2, 0.25) is 0 Å². The van der Waals surface area contributed by atoms with Gasteiger partial charge < -0.3 is 15.4 Å². The molecule has 0 spiro atoms. The Labute approximate surface area is 169 Å². The predicted molar refractivity (Wildman–Crippen MR) is 111 cm³/mol. The molecule has 0 aliphatic heterocycles. The summed E-state index contributed by atoms with van der Waals surface area (Å²) in [7, 11) is 0. The number of nitrogens with one attached hydrogen (secondary N) is 2. The zero-order valence-corrected chi connectivity index (χ0v) is 16.9. The van der Waals surface area contributed by atoms with Crippen LogP contribution in [0.25, 0.3) is 0 Å². The highest BCUT2D eigenvalue weighted by Gasteiger charge is 2.18. The molecular formula is C20H21ClN2O3S. The first-order valence-corrected chi connectivity index (χ1v) is 9.10. The fourth-order valence-electron chi connectivity index (χ4n) is 2.08. The molecule has 0 unspecified atom stereocenters. The maximum Gasteiger partial charge on any atom is 0.338 e. The summed E-state index contributed by atoms with van der Waals surface area (Å²) in [5.74, 6) is -0.843. The van der Waals surface area contributed by atoms with Crippen molar-refractivity contribution in [3.8, 4) is 0 Å². The van der Waals surface area contributed by atoms with Crippen LogP contribution in [-0.4, -0.2) is 22.5 Å². The van der Waals surface area contributed by atoms with Crippen LogP contribution in [-0.2, 0) is 16.1 Å². The van der Waals surface area contributed by atoms with E-state index in [1.807, 2.05) is 12.1 Å². The van der Waals surface area contributed by atoms with Gasteiger partial charge in [-0.25, -0.2) is 4.79 Å². The summed E-state index contributed by atoms with van der Waals surface area (Å²) in [5, 5.41) is 6.23. The second-order valence-electron chi connectivity index (χ2n) is 6.84. The zero-order chi connectivity index (χ0) is 20.0. The number of carbonyl (C=O) groups is 2. The smallest absolute Gasteiger partial charge is 0.338 e. The lowest BCUT2D eigenvalue weighted by atomic mass is 10.1. The number of amides is 1. The van der Waals surface area contributed by atoms with Gasteiger partial charge in [-0.15, -0.1) is 0 Å². The van der Waals surface area contributed by atoms with Crippen LogP contribution in [0.4, 0.5) is 5.69 Å². The Hall–Kier alpha value is -2.44. The summed E-state index contributed by atoms with van der Waals surface area (Å²) >= 11 is 10.9. The van der Waals surface area contributed by atoms with Gasteiger partial charge in [-0.05, 0) is 62.7 Å². The Morgan fingerprint density at radius 3 is 2.19 bits per heavy atom. The number of esters is 1. The van der Waals surface area contributed by atoms with Crippen LogP contribution in [0.5, 0.6) is 0 Å². The Balaban J connectivity index is 1.88. The average Bonchev–Trinajstić information content (AvgIpc) is 2.60. The first-order chi connectivity index (χ1) is 12.6. The molecule has 0 fully saturated rings. The maximum atomic E-state index is 12.2. The van der Waals surface area contributed by atoms with Crippen molar-refractivity contribution in [2.24, 2.45) is 0 Å². The normalized spacial score (nSPS) is 10.8. The van der Waals surface area contributed by atoms with Gasteiger partial charge in [0.15, 0.2) is 4.99 Å². The van der Waals surface area contributed by atoms with Crippen LogP contribution < -0.4 is 10.6 Å². The summed E-state index contributed by atoms with van der Waals surface area (Å²) in [6.45, 7) is 5.83. The molecule has 0 aliphatic rings. The summed E-state index contributed by atoms with van der Waals surface area (Å²) in [4.78, 5) is 24.2. The van der Waals surface area contributed by atoms with Crippen LogP contribution in [0, 0.1) is 0 Å². The van der Waals surface area contributed by atoms with E-state index in [1.165, 1.54) is 0 Å². The molecule has 2 N–H and O–H groups in total. The van der Waals surface area contributed by atoms with Crippen molar-refractivity contribution >= 4 is 46.4 Å². The predicted octanol–water partition coefficient (Wildman–Crippen LogP) is 4.35. The fraction of sp³-hybridized carbons (Fsp3) is 0.250. The lowest BCUT2D eigenvalue weighted by molar-refractivity contribution is -0.110. The van der Waals surface area contributed by atoms with Crippen molar-refractivity contribution in [1.82, 2.24) is 5.32 Å². The molecule has 0 radical (unpaired) electrons. The van der Waals surface area contributed by atoms with Gasteiger partial charge in [-0.1, -0.05) is 36.0 Å². The Morgan fingerprint density at radius 2 is 1.63 bits per heavy atom. The molecule has 2 aromatic rings. The van der Waals surface area contributed by atoms with Crippen LogP contribution in [0.3, 0.4) is 0 Å². The van der Waals surface area contributed by atoms with E-state index in [4.69, 9.17) is 28.6 Å². The van der Waals surface area contributed by atoms with E-state index in [0.717, 1.165) is 5.56 Å². The van der Waals surface area contributed by atoms with Crippen LogP contribution >= 0.6 is 23.8 Å². The average molecular weight is 405 g/mol. The Kier molecular flexibility index (Phi) is 6.93. The minimum atomic E-state index is -0.564. The minimum Gasteiger partial charge on any atom is -0.456 e.